The molecule has 0 aromatic carbocycles. The van der Waals surface area contributed by atoms with Crippen molar-refractivity contribution in [1.82, 2.24) is 0 Å². The Morgan fingerprint density at radius 3 is 2.57 bits per heavy atom. The molecule has 0 aromatic rings. The van der Waals surface area contributed by atoms with Crippen molar-refractivity contribution in [3.8, 4) is 0 Å². The second-order valence-corrected chi connectivity index (χ2v) is 3.95. The number of aliphatic hydroxyl groups excluding tert-OH is 1. The zero-order valence-electron chi connectivity index (χ0n) is 8.05. The van der Waals surface area contributed by atoms with Gasteiger partial charge in [0.15, 0.2) is 0 Å². The maximum atomic E-state index is 11.8. The Bertz CT molecular complexity index is 181. The Kier molecular flexibility index (Phi) is 3.78. The van der Waals surface area contributed by atoms with Crippen molar-refractivity contribution >= 4 is 0 Å². The fourth-order valence-electron chi connectivity index (χ4n) is 1.69. The van der Waals surface area contributed by atoms with Crippen LogP contribution in [0.15, 0.2) is 0 Å². The minimum atomic E-state index is -4.31. The molecule has 1 rings (SSSR count). The van der Waals surface area contributed by atoms with E-state index in [4.69, 9.17) is 0 Å². The predicted octanol–water partition coefficient (Wildman–Crippen LogP) is 2.11. The third-order valence-electron chi connectivity index (χ3n) is 2.48. The molecule has 1 fully saturated rings. The van der Waals surface area contributed by atoms with Gasteiger partial charge in [0, 0.05) is 0 Å². The highest BCUT2D eigenvalue weighted by molar-refractivity contribution is 4.78. The van der Waals surface area contributed by atoms with Crippen LogP contribution in [-0.2, 0) is 4.74 Å². The molecule has 0 bridgehead atoms. The average Bonchev–Trinajstić information content (AvgIpc) is 2.05. The van der Waals surface area contributed by atoms with Crippen molar-refractivity contribution in [2.45, 2.75) is 44.6 Å². The number of aliphatic hydroxyl groups is 1. The zero-order chi connectivity index (χ0) is 10.8. The summed E-state index contributed by atoms with van der Waals surface area (Å²) in [7, 11) is 0. The van der Waals surface area contributed by atoms with E-state index in [-0.39, 0.29) is 0 Å². The highest BCUT2D eigenvalue weighted by Gasteiger charge is 2.33. The first-order valence-corrected chi connectivity index (χ1v) is 4.75. The van der Waals surface area contributed by atoms with Crippen LogP contribution in [0.5, 0.6) is 0 Å². The van der Waals surface area contributed by atoms with Gasteiger partial charge in [-0.15, -0.1) is 0 Å². The largest absolute Gasteiger partial charge is 0.411 e. The van der Waals surface area contributed by atoms with Crippen LogP contribution in [0, 0.1) is 5.92 Å². The molecule has 1 saturated carbocycles. The standard InChI is InChI=1S/C9H15F3O2/c1-6-2-3-7(13)8(4-6)14-5-9(10,11)12/h6-8,13H,2-5H2,1H3. The first-order chi connectivity index (χ1) is 6.38. The summed E-state index contributed by atoms with van der Waals surface area (Å²) in [6.07, 6.45) is -3.80. The maximum absolute atomic E-state index is 11.8. The van der Waals surface area contributed by atoms with E-state index in [0.717, 1.165) is 6.42 Å². The molecule has 0 aromatic heterocycles. The number of rotatable bonds is 2. The van der Waals surface area contributed by atoms with E-state index in [2.05, 4.69) is 4.74 Å². The normalized spacial score (nSPS) is 34.5. The van der Waals surface area contributed by atoms with E-state index in [0.29, 0.717) is 18.8 Å². The van der Waals surface area contributed by atoms with Crippen molar-refractivity contribution in [1.29, 1.82) is 0 Å². The summed E-state index contributed by atoms with van der Waals surface area (Å²) in [6.45, 7) is 0.692. The van der Waals surface area contributed by atoms with E-state index in [9.17, 15) is 18.3 Å². The van der Waals surface area contributed by atoms with Crippen LogP contribution in [-0.4, -0.2) is 30.1 Å². The van der Waals surface area contributed by atoms with Gasteiger partial charge in [0.1, 0.15) is 6.61 Å². The molecule has 14 heavy (non-hydrogen) atoms. The van der Waals surface area contributed by atoms with E-state index in [1.54, 1.807) is 0 Å². The van der Waals surface area contributed by atoms with Gasteiger partial charge in [0.2, 0.25) is 0 Å². The van der Waals surface area contributed by atoms with Gasteiger partial charge in [-0.1, -0.05) is 6.92 Å². The molecule has 1 N–H and O–H groups in total. The molecule has 0 heterocycles. The van der Waals surface area contributed by atoms with Crippen molar-refractivity contribution < 1.29 is 23.0 Å². The van der Waals surface area contributed by atoms with E-state index < -0.39 is 25.0 Å². The van der Waals surface area contributed by atoms with Gasteiger partial charge in [-0.05, 0) is 25.2 Å². The van der Waals surface area contributed by atoms with E-state index in [1.807, 2.05) is 6.92 Å². The Balaban J connectivity index is 2.35. The summed E-state index contributed by atoms with van der Waals surface area (Å²) in [5.74, 6) is 0.330. The van der Waals surface area contributed by atoms with Crippen molar-refractivity contribution in [3.63, 3.8) is 0 Å². The Morgan fingerprint density at radius 1 is 1.36 bits per heavy atom. The molecular weight excluding hydrogens is 197 g/mol. The van der Waals surface area contributed by atoms with Gasteiger partial charge in [-0.25, -0.2) is 0 Å². The van der Waals surface area contributed by atoms with Crippen molar-refractivity contribution in [2.75, 3.05) is 6.61 Å². The molecule has 0 aliphatic heterocycles. The molecule has 1 aliphatic carbocycles. The highest BCUT2D eigenvalue weighted by atomic mass is 19.4. The first kappa shape index (κ1) is 11.8. The summed E-state index contributed by atoms with van der Waals surface area (Å²) >= 11 is 0. The molecule has 3 atom stereocenters. The van der Waals surface area contributed by atoms with Crippen LogP contribution < -0.4 is 0 Å². The molecule has 0 spiro atoms. The summed E-state index contributed by atoms with van der Waals surface area (Å²) in [4.78, 5) is 0. The first-order valence-electron chi connectivity index (χ1n) is 4.75. The van der Waals surface area contributed by atoms with Gasteiger partial charge in [-0.3, -0.25) is 0 Å². The Hall–Kier alpha value is -0.290. The lowest BCUT2D eigenvalue weighted by Crippen LogP contribution is -2.37. The Morgan fingerprint density at radius 2 is 2.00 bits per heavy atom. The fourth-order valence-corrected chi connectivity index (χ4v) is 1.69. The summed E-state index contributed by atoms with van der Waals surface area (Å²) in [6, 6.07) is 0. The van der Waals surface area contributed by atoms with E-state index >= 15 is 0 Å². The SMILES string of the molecule is CC1CCC(O)C(OCC(F)(F)F)C1. The lowest BCUT2D eigenvalue weighted by atomic mass is 9.86. The van der Waals surface area contributed by atoms with Gasteiger partial charge in [0.25, 0.3) is 0 Å². The number of hydrogen-bond donors (Lipinski definition) is 1. The van der Waals surface area contributed by atoms with E-state index in [1.165, 1.54) is 0 Å². The number of hydrogen-bond acceptors (Lipinski definition) is 2. The maximum Gasteiger partial charge on any atom is 0.411 e. The second kappa shape index (κ2) is 4.49. The minimum absolute atomic E-state index is 0.330. The monoisotopic (exact) mass is 212 g/mol. The minimum Gasteiger partial charge on any atom is -0.390 e. The lowest BCUT2D eigenvalue weighted by molar-refractivity contribution is -0.200. The van der Waals surface area contributed by atoms with Crippen LogP contribution in [0.3, 0.4) is 0 Å². The molecule has 0 radical (unpaired) electrons. The smallest absolute Gasteiger partial charge is 0.390 e. The van der Waals surface area contributed by atoms with Crippen molar-refractivity contribution in [2.24, 2.45) is 5.92 Å². The molecular formula is C9H15F3O2. The molecule has 3 unspecified atom stereocenters. The van der Waals surface area contributed by atoms with Crippen LogP contribution in [0.25, 0.3) is 0 Å². The Labute approximate surface area is 81.1 Å². The third-order valence-corrected chi connectivity index (χ3v) is 2.48. The molecule has 1 aliphatic rings. The van der Waals surface area contributed by atoms with Gasteiger partial charge >= 0.3 is 6.18 Å². The van der Waals surface area contributed by atoms with Crippen LogP contribution in [0.4, 0.5) is 13.2 Å². The van der Waals surface area contributed by atoms with Gasteiger partial charge in [0.05, 0.1) is 12.2 Å². The number of ether oxygens (including phenoxy) is 1. The van der Waals surface area contributed by atoms with Crippen molar-refractivity contribution in [3.05, 3.63) is 0 Å². The predicted molar refractivity (Wildman–Crippen MR) is 44.8 cm³/mol. The molecule has 5 heteroatoms. The van der Waals surface area contributed by atoms with Crippen LogP contribution in [0.2, 0.25) is 0 Å². The molecule has 0 amide bonds. The molecule has 0 saturated heterocycles. The fraction of sp³-hybridized carbons (Fsp3) is 1.00. The summed E-state index contributed by atoms with van der Waals surface area (Å²) < 4.78 is 40.1. The van der Waals surface area contributed by atoms with Crippen LogP contribution >= 0.6 is 0 Å². The average molecular weight is 212 g/mol. The topological polar surface area (TPSA) is 29.5 Å². The van der Waals surface area contributed by atoms with Gasteiger partial charge < -0.3 is 9.84 Å². The number of halogens is 3. The molecule has 84 valence electrons. The number of alkyl halides is 3. The zero-order valence-corrected chi connectivity index (χ0v) is 8.05. The quantitative estimate of drug-likeness (QED) is 0.759. The summed E-state index contributed by atoms with van der Waals surface area (Å²) in [5.41, 5.74) is 0. The summed E-state index contributed by atoms with van der Waals surface area (Å²) in [5, 5.41) is 9.39. The van der Waals surface area contributed by atoms with Crippen LogP contribution in [0.1, 0.15) is 26.2 Å². The lowest BCUT2D eigenvalue weighted by Gasteiger charge is -2.31. The van der Waals surface area contributed by atoms with Gasteiger partial charge in [-0.2, -0.15) is 13.2 Å². The molecule has 2 nitrogen and oxygen atoms in total. The second-order valence-electron chi connectivity index (χ2n) is 3.95. The third kappa shape index (κ3) is 3.84. The highest BCUT2D eigenvalue weighted by Crippen LogP contribution is 2.27.